The molecule has 0 aliphatic carbocycles. The molecule has 2 nitrogen and oxygen atoms in total. The first-order valence-electron chi connectivity index (χ1n) is 4.67. The molecule has 0 saturated heterocycles. The van der Waals surface area contributed by atoms with Crippen molar-refractivity contribution in [3.05, 3.63) is 40.5 Å². The lowest BCUT2D eigenvalue weighted by Crippen LogP contribution is -2.00. The van der Waals surface area contributed by atoms with Gasteiger partial charge in [0, 0.05) is 5.39 Å². The zero-order valence-electron chi connectivity index (χ0n) is 8.54. The number of nitrogens with zero attached hydrogens (tertiary/aromatic N) is 1. The summed E-state index contributed by atoms with van der Waals surface area (Å²) in [4.78, 5) is 15.8. The van der Waals surface area contributed by atoms with E-state index in [2.05, 4.69) is 4.98 Å². The number of halogens is 1. The minimum Gasteiger partial charge on any atom is -0.294 e. The largest absolute Gasteiger partial charge is 0.294 e. The number of hydrogen-bond donors (Lipinski definition) is 0. The second kappa shape index (κ2) is 3.63. The summed E-state index contributed by atoms with van der Waals surface area (Å²) in [6.07, 6.45) is 0. The number of pyridine rings is 1. The van der Waals surface area contributed by atoms with Crippen LogP contribution in [0, 0.1) is 6.92 Å². The summed E-state index contributed by atoms with van der Waals surface area (Å²) in [5.74, 6) is -0.0456. The van der Waals surface area contributed by atoms with Crippen molar-refractivity contribution in [1.29, 1.82) is 0 Å². The van der Waals surface area contributed by atoms with Gasteiger partial charge in [0.1, 0.15) is 0 Å². The molecule has 0 spiro atoms. The van der Waals surface area contributed by atoms with Crippen LogP contribution in [0.15, 0.2) is 24.3 Å². The molecule has 3 heteroatoms. The lowest BCUT2D eigenvalue weighted by Gasteiger charge is -2.07. The monoisotopic (exact) mass is 219 g/mol. The number of Topliss-reactive ketones (excluding diaryl/α,β-unsaturated/α-hetero) is 1. The molecular weight excluding hydrogens is 210 g/mol. The van der Waals surface area contributed by atoms with Gasteiger partial charge in [0.2, 0.25) is 0 Å². The molecule has 15 heavy (non-hydrogen) atoms. The van der Waals surface area contributed by atoms with E-state index >= 15 is 0 Å². The number of hydrogen-bond acceptors (Lipinski definition) is 2. The number of carbonyl (C=O) groups excluding carboxylic acids is 1. The van der Waals surface area contributed by atoms with E-state index < -0.39 is 0 Å². The highest BCUT2D eigenvalue weighted by Crippen LogP contribution is 2.28. The van der Waals surface area contributed by atoms with Crippen LogP contribution in [0.5, 0.6) is 0 Å². The van der Waals surface area contributed by atoms with Gasteiger partial charge in [-0.2, -0.15) is 0 Å². The third kappa shape index (κ3) is 1.61. The van der Waals surface area contributed by atoms with Gasteiger partial charge in [-0.3, -0.25) is 9.78 Å². The van der Waals surface area contributed by atoms with E-state index in [4.69, 9.17) is 11.6 Å². The molecule has 0 saturated carbocycles. The molecule has 1 heterocycles. The number of benzene rings is 1. The van der Waals surface area contributed by atoms with Crippen molar-refractivity contribution in [1.82, 2.24) is 4.98 Å². The molecule has 76 valence electrons. The zero-order chi connectivity index (χ0) is 11.0. The van der Waals surface area contributed by atoms with Crippen molar-refractivity contribution in [3.8, 4) is 0 Å². The minimum atomic E-state index is -0.0456. The van der Waals surface area contributed by atoms with E-state index in [-0.39, 0.29) is 5.78 Å². The predicted molar refractivity (Wildman–Crippen MR) is 61.5 cm³/mol. The number of para-hydroxylation sites is 1. The van der Waals surface area contributed by atoms with Gasteiger partial charge in [-0.25, -0.2) is 0 Å². The second-order valence-electron chi connectivity index (χ2n) is 3.46. The van der Waals surface area contributed by atoms with Crippen LogP contribution in [0.4, 0.5) is 0 Å². The Balaban J connectivity index is 2.90. The van der Waals surface area contributed by atoms with E-state index in [1.807, 2.05) is 24.3 Å². The lowest BCUT2D eigenvalue weighted by atomic mass is 10.1. The number of carbonyl (C=O) groups is 1. The summed E-state index contributed by atoms with van der Waals surface area (Å²) in [5, 5.41) is 1.33. The molecule has 0 atom stereocenters. The first-order valence-corrected chi connectivity index (χ1v) is 5.05. The average Bonchev–Trinajstić information content (AvgIpc) is 2.17. The van der Waals surface area contributed by atoms with Crippen molar-refractivity contribution in [2.75, 3.05) is 0 Å². The molecule has 2 aromatic rings. The van der Waals surface area contributed by atoms with Crippen molar-refractivity contribution >= 4 is 28.3 Å². The topological polar surface area (TPSA) is 30.0 Å². The number of aromatic nitrogens is 1. The third-order valence-corrected chi connectivity index (χ3v) is 2.75. The first-order chi connectivity index (χ1) is 7.11. The Morgan fingerprint density at radius 2 is 2.00 bits per heavy atom. The highest BCUT2D eigenvalue weighted by Gasteiger charge is 2.13. The smallest absolute Gasteiger partial charge is 0.163 e. The Kier molecular flexibility index (Phi) is 2.45. The van der Waals surface area contributed by atoms with Crippen molar-refractivity contribution < 1.29 is 4.79 Å². The van der Waals surface area contributed by atoms with Gasteiger partial charge in [-0.15, -0.1) is 0 Å². The van der Waals surface area contributed by atoms with Crippen LogP contribution in [0.2, 0.25) is 5.02 Å². The Morgan fingerprint density at radius 3 is 2.67 bits per heavy atom. The van der Waals surface area contributed by atoms with Gasteiger partial charge in [-0.1, -0.05) is 29.8 Å². The van der Waals surface area contributed by atoms with Crippen LogP contribution < -0.4 is 0 Å². The molecule has 0 fully saturated rings. The van der Waals surface area contributed by atoms with Gasteiger partial charge in [0.15, 0.2) is 5.78 Å². The van der Waals surface area contributed by atoms with E-state index in [0.717, 1.165) is 10.9 Å². The zero-order valence-corrected chi connectivity index (χ0v) is 9.30. The molecule has 0 amide bonds. The Morgan fingerprint density at radius 1 is 1.33 bits per heavy atom. The van der Waals surface area contributed by atoms with Crippen LogP contribution in [0.1, 0.15) is 23.0 Å². The standard InChI is InChI=1S/C12H10ClNO/c1-7-11(8(2)15)12(13)9-5-3-4-6-10(9)14-7/h3-6H,1-2H3. The van der Waals surface area contributed by atoms with E-state index in [0.29, 0.717) is 16.3 Å². The number of rotatable bonds is 1. The molecule has 0 radical (unpaired) electrons. The minimum absolute atomic E-state index is 0.0456. The molecule has 0 N–H and O–H groups in total. The van der Waals surface area contributed by atoms with Crippen molar-refractivity contribution in [3.63, 3.8) is 0 Å². The van der Waals surface area contributed by atoms with Crippen molar-refractivity contribution in [2.24, 2.45) is 0 Å². The summed E-state index contributed by atoms with van der Waals surface area (Å²) in [5.41, 5.74) is 2.03. The molecule has 0 aliphatic rings. The van der Waals surface area contributed by atoms with Crippen LogP contribution in [0.25, 0.3) is 10.9 Å². The highest BCUT2D eigenvalue weighted by molar-refractivity contribution is 6.38. The molecule has 0 unspecified atom stereocenters. The Hall–Kier alpha value is -1.41. The fraction of sp³-hybridized carbons (Fsp3) is 0.167. The third-order valence-electron chi connectivity index (χ3n) is 2.36. The SMILES string of the molecule is CC(=O)c1c(C)nc2ccccc2c1Cl. The summed E-state index contributed by atoms with van der Waals surface area (Å²) in [6, 6.07) is 7.54. The van der Waals surface area contributed by atoms with E-state index in [1.54, 1.807) is 6.92 Å². The van der Waals surface area contributed by atoms with Gasteiger partial charge in [0.25, 0.3) is 0 Å². The lowest BCUT2D eigenvalue weighted by molar-refractivity contribution is 0.101. The summed E-state index contributed by atoms with van der Waals surface area (Å²) >= 11 is 6.18. The number of fused-ring (bicyclic) bond motifs is 1. The Bertz CT molecular complexity index is 549. The summed E-state index contributed by atoms with van der Waals surface area (Å²) < 4.78 is 0. The molecule has 1 aromatic carbocycles. The van der Waals surface area contributed by atoms with Crippen LogP contribution in [-0.2, 0) is 0 Å². The molecule has 1 aromatic heterocycles. The quantitative estimate of drug-likeness (QED) is 0.688. The maximum absolute atomic E-state index is 11.4. The maximum atomic E-state index is 11.4. The number of ketones is 1. The van der Waals surface area contributed by atoms with Gasteiger partial charge in [0.05, 0.1) is 21.8 Å². The van der Waals surface area contributed by atoms with Crippen LogP contribution in [-0.4, -0.2) is 10.8 Å². The van der Waals surface area contributed by atoms with Gasteiger partial charge < -0.3 is 0 Å². The normalized spacial score (nSPS) is 10.6. The molecule has 0 aliphatic heterocycles. The fourth-order valence-corrected chi connectivity index (χ4v) is 2.13. The molecule has 2 rings (SSSR count). The number of aryl methyl sites for hydroxylation is 1. The summed E-state index contributed by atoms with van der Waals surface area (Å²) in [7, 11) is 0. The van der Waals surface area contributed by atoms with Crippen LogP contribution in [0.3, 0.4) is 0 Å². The maximum Gasteiger partial charge on any atom is 0.163 e. The van der Waals surface area contributed by atoms with Crippen LogP contribution >= 0.6 is 11.6 Å². The van der Waals surface area contributed by atoms with Crippen molar-refractivity contribution in [2.45, 2.75) is 13.8 Å². The molecule has 0 bridgehead atoms. The Labute approximate surface area is 92.9 Å². The molecular formula is C12H10ClNO. The highest BCUT2D eigenvalue weighted by atomic mass is 35.5. The predicted octanol–water partition coefficient (Wildman–Crippen LogP) is 3.40. The fourth-order valence-electron chi connectivity index (χ4n) is 1.70. The second-order valence-corrected chi connectivity index (χ2v) is 3.84. The summed E-state index contributed by atoms with van der Waals surface area (Å²) in [6.45, 7) is 3.31. The van der Waals surface area contributed by atoms with E-state index in [1.165, 1.54) is 6.92 Å². The first kappa shape index (κ1) is 10.1. The van der Waals surface area contributed by atoms with Gasteiger partial charge in [-0.05, 0) is 19.9 Å². The van der Waals surface area contributed by atoms with Gasteiger partial charge >= 0.3 is 0 Å². The average molecular weight is 220 g/mol. The van der Waals surface area contributed by atoms with E-state index in [9.17, 15) is 4.79 Å².